The van der Waals surface area contributed by atoms with Crippen LogP contribution in [0.4, 0.5) is 24.5 Å². The summed E-state index contributed by atoms with van der Waals surface area (Å²) in [6, 6.07) is 11.3. The van der Waals surface area contributed by atoms with Crippen LogP contribution in [-0.2, 0) is 11.0 Å². The fourth-order valence-corrected chi connectivity index (χ4v) is 2.79. The van der Waals surface area contributed by atoms with Crippen molar-refractivity contribution in [2.45, 2.75) is 26.4 Å². The molecule has 6 nitrogen and oxygen atoms in total. The van der Waals surface area contributed by atoms with Crippen molar-refractivity contribution in [1.82, 2.24) is 9.78 Å². The molecule has 2 amide bonds. The van der Waals surface area contributed by atoms with E-state index in [2.05, 4.69) is 15.7 Å². The summed E-state index contributed by atoms with van der Waals surface area (Å²) < 4.78 is 40.2. The number of carbonyl (C=O) groups is 2. The standard InChI is InChI=1S/C21H19F3N4O2/c1-3-19(29)26-15-7-9-16(10-8-15)27-20(30)18-12-25-28(13(18)2)17-6-4-5-14(11-17)21(22,23)24/h4-12H,3H2,1-2H3,(H,26,29)(H,27,30). The van der Waals surface area contributed by atoms with Crippen molar-refractivity contribution < 1.29 is 22.8 Å². The van der Waals surface area contributed by atoms with Crippen LogP contribution in [0.15, 0.2) is 54.7 Å². The second-order valence-corrected chi connectivity index (χ2v) is 6.54. The van der Waals surface area contributed by atoms with Crippen LogP contribution in [0.2, 0.25) is 0 Å². The van der Waals surface area contributed by atoms with Crippen molar-refractivity contribution in [2.24, 2.45) is 0 Å². The Morgan fingerprint density at radius 1 is 1.03 bits per heavy atom. The Balaban J connectivity index is 1.77. The summed E-state index contributed by atoms with van der Waals surface area (Å²) in [6.07, 6.45) is -2.81. The molecule has 3 aromatic rings. The number of nitrogens with zero attached hydrogens (tertiary/aromatic N) is 2. The molecule has 156 valence electrons. The Bertz CT molecular complexity index is 1070. The fraction of sp³-hybridized carbons (Fsp3) is 0.190. The van der Waals surface area contributed by atoms with Crippen LogP contribution in [0.3, 0.4) is 0 Å². The van der Waals surface area contributed by atoms with Gasteiger partial charge in [0.2, 0.25) is 5.91 Å². The average molecular weight is 416 g/mol. The third-order valence-corrected chi connectivity index (χ3v) is 4.42. The highest BCUT2D eigenvalue weighted by Gasteiger charge is 2.30. The average Bonchev–Trinajstić information content (AvgIpc) is 3.10. The van der Waals surface area contributed by atoms with Crippen molar-refractivity contribution in [3.8, 4) is 5.69 Å². The Labute approximate surface area is 170 Å². The molecule has 0 saturated heterocycles. The highest BCUT2D eigenvalue weighted by atomic mass is 19.4. The van der Waals surface area contributed by atoms with E-state index in [0.29, 0.717) is 23.5 Å². The largest absolute Gasteiger partial charge is 0.416 e. The molecule has 0 aliphatic rings. The van der Waals surface area contributed by atoms with Crippen LogP contribution in [-0.4, -0.2) is 21.6 Å². The van der Waals surface area contributed by atoms with Gasteiger partial charge in [0.05, 0.1) is 28.7 Å². The number of rotatable bonds is 5. The normalized spacial score (nSPS) is 11.2. The zero-order valence-electron chi connectivity index (χ0n) is 16.2. The summed E-state index contributed by atoms with van der Waals surface area (Å²) in [6.45, 7) is 3.34. The van der Waals surface area contributed by atoms with E-state index in [1.165, 1.54) is 23.0 Å². The third kappa shape index (κ3) is 4.68. The molecule has 0 bridgehead atoms. The van der Waals surface area contributed by atoms with E-state index >= 15 is 0 Å². The van der Waals surface area contributed by atoms with Gasteiger partial charge in [-0.2, -0.15) is 18.3 Å². The first-order valence-corrected chi connectivity index (χ1v) is 9.12. The van der Waals surface area contributed by atoms with Crippen molar-refractivity contribution in [1.29, 1.82) is 0 Å². The lowest BCUT2D eigenvalue weighted by Crippen LogP contribution is -2.13. The monoisotopic (exact) mass is 416 g/mol. The van der Waals surface area contributed by atoms with E-state index < -0.39 is 17.6 Å². The van der Waals surface area contributed by atoms with Gasteiger partial charge in [0, 0.05) is 17.8 Å². The zero-order chi connectivity index (χ0) is 21.9. The van der Waals surface area contributed by atoms with E-state index in [0.717, 1.165) is 12.1 Å². The lowest BCUT2D eigenvalue weighted by atomic mass is 10.2. The van der Waals surface area contributed by atoms with Crippen LogP contribution in [0.1, 0.15) is 35.0 Å². The maximum absolute atomic E-state index is 13.0. The quantitative estimate of drug-likeness (QED) is 0.627. The minimum atomic E-state index is -4.47. The van der Waals surface area contributed by atoms with Gasteiger partial charge in [0.1, 0.15) is 0 Å². The molecule has 0 aliphatic carbocycles. The van der Waals surface area contributed by atoms with Gasteiger partial charge in [-0.3, -0.25) is 9.59 Å². The molecule has 0 saturated carbocycles. The molecule has 2 aromatic carbocycles. The molecular formula is C21H19F3N4O2. The molecule has 1 heterocycles. The van der Waals surface area contributed by atoms with Gasteiger partial charge in [-0.25, -0.2) is 4.68 Å². The molecule has 1 aromatic heterocycles. The molecule has 0 aliphatic heterocycles. The molecule has 0 radical (unpaired) electrons. The molecule has 3 rings (SSSR count). The van der Waals surface area contributed by atoms with Crippen LogP contribution < -0.4 is 10.6 Å². The SMILES string of the molecule is CCC(=O)Nc1ccc(NC(=O)c2cnn(-c3cccc(C(F)(F)F)c3)c2C)cc1. The maximum atomic E-state index is 13.0. The smallest absolute Gasteiger partial charge is 0.326 e. The summed E-state index contributed by atoms with van der Waals surface area (Å²) in [5, 5.41) is 9.48. The zero-order valence-corrected chi connectivity index (χ0v) is 16.2. The summed E-state index contributed by atoms with van der Waals surface area (Å²) in [4.78, 5) is 24.0. The van der Waals surface area contributed by atoms with Crippen molar-refractivity contribution in [3.05, 3.63) is 71.5 Å². The number of amides is 2. The lowest BCUT2D eigenvalue weighted by molar-refractivity contribution is -0.137. The van der Waals surface area contributed by atoms with E-state index in [-0.39, 0.29) is 17.2 Å². The number of hydrogen-bond donors (Lipinski definition) is 2. The van der Waals surface area contributed by atoms with Gasteiger partial charge in [0.25, 0.3) is 5.91 Å². The second-order valence-electron chi connectivity index (χ2n) is 6.54. The summed E-state index contributed by atoms with van der Waals surface area (Å²) >= 11 is 0. The van der Waals surface area contributed by atoms with E-state index in [1.54, 1.807) is 38.1 Å². The van der Waals surface area contributed by atoms with E-state index in [1.807, 2.05) is 0 Å². The van der Waals surface area contributed by atoms with Crippen molar-refractivity contribution in [3.63, 3.8) is 0 Å². The molecule has 0 spiro atoms. The fourth-order valence-electron chi connectivity index (χ4n) is 2.79. The number of aromatic nitrogens is 2. The molecule has 2 N–H and O–H groups in total. The predicted octanol–water partition coefficient (Wildman–Crippen LogP) is 4.80. The number of nitrogens with one attached hydrogen (secondary N) is 2. The number of alkyl halides is 3. The van der Waals surface area contributed by atoms with Crippen molar-refractivity contribution in [2.75, 3.05) is 10.6 Å². The molecule has 9 heteroatoms. The summed E-state index contributed by atoms with van der Waals surface area (Å²) in [7, 11) is 0. The molecular weight excluding hydrogens is 397 g/mol. The Kier molecular flexibility index (Phi) is 5.91. The van der Waals surface area contributed by atoms with Gasteiger partial charge in [0.15, 0.2) is 0 Å². The minimum absolute atomic E-state index is 0.121. The first-order valence-electron chi connectivity index (χ1n) is 9.12. The molecule has 30 heavy (non-hydrogen) atoms. The van der Waals surface area contributed by atoms with Gasteiger partial charge in [-0.05, 0) is 49.4 Å². The van der Waals surface area contributed by atoms with Gasteiger partial charge < -0.3 is 10.6 Å². The molecule has 0 atom stereocenters. The van der Waals surface area contributed by atoms with Crippen LogP contribution in [0.25, 0.3) is 5.69 Å². The number of anilines is 2. The summed E-state index contributed by atoms with van der Waals surface area (Å²) in [5.41, 5.74) is 1.15. The Hall–Kier alpha value is -3.62. The van der Waals surface area contributed by atoms with Gasteiger partial charge in [-0.1, -0.05) is 13.0 Å². The topological polar surface area (TPSA) is 76.0 Å². The van der Waals surface area contributed by atoms with Crippen LogP contribution >= 0.6 is 0 Å². The Morgan fingerprint density at radius 2 is 1.67 bits per heavy atom. The van der Waals surface area contributed by atoms with E-state index in [4.69, 9.17) is 0 Å². The van der Waals surface area contributed by atoms with Crippen molar-refractivity contribution >= 4 is 23.2 Å². The second kappa shape index (κ2) is 8.40. The number of carbonyl (C=O) groups excluding carboxylic acids is 2. The third-order valence-electron chi connectivity index (χ3n) is 4.42. The minimum Gasteiger partial charge on any atom is -0.326 e. The van der Waals surface area contributed by atoms with Crippen LogP contribution in [0.5, 0.6) is 0 Å². The predicted molar refractivity (Wildman–Crippen MR) is 107 cm³/mol. The first kappa shape index (κ1) is 21.1. The van der Waals surface area contributed by atoms with Gasteiger partial charge >= 0.3 is 6.18 Å². The first-order chi connectivity index (χ1) is 14.2. The molecule has 0 fully saturated rings. The number of halogens is 3. The van der Waals surface area contributed by atoms with Gasteiger partial charge in [-0.15, -0.1) is 0 Å². The number of hydrogen-bond acceptors (Lipinski definition) is 3. The highest BCUT2D eigenvalue weighted by Crippen LogP contribution is 2.30. The maximum Gasteiger partial charge on any atom is 0.416 e. The Morgan fingerprint density at radius 3 is 2.27 bits per heavy atom. The lowest BCUT2D eigenvalue weighted by Gasteiger charge is -2.10. The van der Waals surface area contributed by atoms with Crippen LogP contribution in [0, 0.1) is 6.92 Å². The summed E-state index contributed by atoms with van der Waals surface area (Å²) in [5.74, 6) is -0.569. The molecule has 0 unspecified atom stereocenters. The van der Waals surface area contributed by atoms with E-state index in [9.17, 15) is 22.8 Å². The highest BCUT2D eigenvalue weighted by molar-refractivity contribution is 6.05. The number of benzene rings is 2.